The highest BCUT2D eigenvalue weighted by atomic mass is 14.4. The normalized spacial score (nSPS) is 24.7. The second-order valence-electron chi connectivity index (χ2n) is 4.46. The second-order valence-corrected chi connectivity index (χ2v) is 4.46. The zero-order chi connectivity index (χ0) is 9.46. The van der Waals surface area contributed by atoms with Crippen LogP contribution in [0.1, 0.15) is 34.6 Å². The SMILES string of the molecule is C=C(C)C1=C(C)C1C(C)C(C)C. The molecular weight excluding hydrogens is 144 g/mol. The van der Waals surface area contributed by atoms with Gasteiger partial charge in [0.2, 0.25) is 0 Å². The van der Waals surface area contributed by atoms with Crippen LogP contribution in [0.2, 0.25) is 0 Å². The van der Waals surface area contributed by atoms with Crippen molar-refractivity contribution in [2.75, 3.05) is 0 Å². The van der Waals surface area contributed by atoms with Crippen LogP contribution in [0, 0.1) is 17.8 Å². The Hall–Kier alpha value is -0.520. The fourth-order valence-electron chi connectivity index (χ4n) is 2.00. The van der Waals surface area contributed by atoms with Gasteiger partial charge in [-0.25, -0.2) is 0 Å². The van der Waals surface area contributed by atoms with E-state index in [1.165, 1.54) is 11.1 Å². The molecule has 0 N–H and O–H groups in total. The van der Waals surface area contributed by atoms with Gasteiger partial charge in [-0.05, 0) is 31.3 Å². The molecule has 0 aromatic rings. The molecule has 0 saturated carbocycles. The van der Waals surface area contributed by atoms with Gasteiger partial charge in [0.1, 0.15) is 0 Å². The Morgan fingerprint density at radius 2 is 1.83 bits per heavy atom. The highest BCUT2D eigenvalue weighted by Crippen LogP contribution is 2.49. The highest BCUT2D eigenvalue weighted by molar-refractivity contribution is 5.51. The van der Waals surface area contributed by atoms with Crippen LogP contribution in [0.4, 0.5) is 0 Å². The quantitative estimate of drug-likeness (QED) is 0.595. The van der Waals surface area contributed by atoms with Gasteiger partial charge in [-0.15, -0.1) is 0 Å². The maximum atomic E-state index is 4.00. The summed E-state index contributed by atoms with van der Waals surface area (Å²) in [7, 11) is 0. The third-order valence-corrected chi connectivity index (χ3v) is 3.16. The van der Waals surface area contributed by atoms with Crippen molar-refractivity contribution in [3.05, 3.63) is 23.3 Å². The standard InChI is InChI=1S/C12H20/c1-7(2)9(5)12-10(6)11(12)8(3)4/h7,9,12H,3H2,1-2,4-6H3. The van der Waals surface area contributed by atoms with E-state index in [0.717, 1.165) is 17.8 Å². The first kappa shape index (κ1) is 9.57. The lowest BCUT2D eigenvalue weighted by Crippen LogP contribution is -2.09. The van der Waals surface area contributed by atoms with Gasteiger partial charge in [0.25, 0.3) is 0 Å². The van der Waals surface area contributed by atoms with E-state index >= 15 is 0 Å². The third-order valence-electron chi connectivity index (χ3n) is 3.16. The van der Waals surface area contributed by atoms with Gasteiger partial charge in [-0.1, -0.05) is 38.5 Å². The predicted octanol–water partition coefficient (Wildman–Crippen LogP) is 3.80. The van der Waals surface area contributed by atoms with E-state index in [1.54, 1.807) is 5.57 Å². The summed E-state index contributed by atoms with van der Waals surface area (Å²) in [5.41, 5.74) is 4.38. The van der Waals surface area contributed by atoms with Crippen molar-refractivity contribution in [2.45, 2.75) is 34.6 Å². The van der Waals surface area contributed by atoms with E-state index in [9.17, 15) is 0 Å². The molecule has 0 heterocycles. The summed E-state index contributed by atoms with van der Waals surface area (Å²) in [5.74, 6) is 2.32. The fourth-order valence-corrected chi connectivity index (χ4v) is 2.00. The Morgan fingerprint density at radius 1 is 1.33 bits per heavy atom. The van der Waals surface area contributed by atoms with Gasteiger partial charge in [0.05, 0.1) is 0 Å². The zero-order valence-electron chi connectivity index (χ0n) is 8.94. The van der Waals surface area contributed by atoms with Gasteiger partial charge in [-0.3, -0.25) is 0 Å². The van der Waals surface area contributed by atoms with Crippen LogP contribution in [-0.4, -0.2) is 0 Å². The lowest BCUT2D eigenvalue weighted by atomic mass is 9.89. The van der Waals surface area contributed by atoms with Crippen molar-refractivity contribution in [1.29, 1.82) is 0 Å². The molecule has 1 aliphatic rings. The summed E-state index contributed by atoms with van der Waals surface area (Å²) in [6.07, 6.45) is 0. The van der Waals surface area contributed by atoms with Crippen LogP contribution < -0.4 is 0 Å². The average molecular weight is 164 g/mol. The number of hydrogen-bond acceptors (Lipinski definition) is 0. The Labute approximate surface area is 76.4 Å². The molecule has 1 aliphatic carbocycles. The minimum atomic E-state index is 0.752. The third kappa shape index (κ3) is 1.48. The van der Waals surface area contributed by atoms with Crippen LogP contribution in [0.5, 0.6) is 0 Å². The largest absolute Gasteiger partial charge is 0.0958 e. The van der Waals surface area contributed by atoms with E-state index in [0.29, 0.717) is 0 Å². The van der Waals surface area contributed by atoms with Gasteiger partial charge in [0.15, 0.2) is 0 Å². The van der Waals surface area contributed by atoms with Crippen molar-refractivity contribution in [2.24, 2.45) is 17.8 Å². The molecular formula is C12H20. The second kappa shape index (κ2) is 3.08. The molecule has 68 valence electrons. The Bertz CT molecular complexity index is 230. The van der Waals surface area contributed by atoms with Gasteiger partial charge in [0, 0.05) is 5.92 Å². The molecule has 0 aromatic carbocycles. The van der Waals surface area contributed by atoms with Gasteiger partial charge < -0.3 is 0 Å². The van der Waals surface area contributed by atoms with E-state index in [1.807, 2.05) is 0 Å². The van der Waals surface area contributed by atoms with Crippen molar-refractivity contribution >= 4 is 0 Å². The smallest absolute Gasteiger partial charge is 0.00817 e. The molecule has 0 spiro atoms. The summed E-state index contributed by atoms with van der Waals surface area (Å²) in [6.45, 7) is 15.3. The van der Waals surface area contributed by atoms with Gasteiger partial charge >= 0.3 is 0 Å². The molecule has 0 saturated heterocycles. The van der Waals surface area contributed by atoms with E-state index in [2.05, 4.69) is 41.2 Å². The molecule has 0 amide bonds. The fraction of sp³-hybridized carbons (Fsp3) is 0.667. The van der Waals surface area contributed by atoms with E-state index in [-0.39, 0.29) is 0 Å². The summed E-state index contributed by atoms with van der Waals surface area (Å²) in [4.78, 5) is 0. The maximum Gasteiger partial charge on any atom is 0.00817 e. The molecule has 2 unspecified atom stereocenters. The molecule has 0 aliphatic heterocycles. The van der Waals surface area contributed by atoms with Crippen LogP contribution in [0.25, 0.3) is 0 Å². The molecule has 0 fully saturated rings. The number of hydrogen-bond donors (Lipinski definition) is 0. The van der Waals surface area contributed by atoms with Crippen molar-refractivity contribution in [3.8, 4) is 0 Å². The summed E-state index contributed by atoms with van der Waals surface area (Å²) < 4.78 is 0. The Balaban J connectivity index is 2.59. The lowest BCUT2D eigenvalue weighted by molar-refractivity contribution is 0.381. The predicted molar refractivity (Wildman–Crippen MR) is 55.0 cm³/mol. The first-order valence-electron chi connectivity index (χ1n) is 4.83. The van der Waals surface area contributed by atoms with Crippen LogP contribution in [0.15, 0.2) is 23.3 Å². The van der Waals surface area contributed by atoms with E-state index < -0.39 is 0 Å². The van der Waals surface area contributed by atoms with Gasteiger partial charge in [-0.2, -0.15) is 0 Å². The molecule has 0 bridgehead atoms. The zero-order valence-corrected chi connectivity index (χ0v) is 8.94. The van der Waals surface area contributed by atoms with Crippen molar-refractivity contribution in [3.63, 3.8) is 0 Å². The Morgan fingerprint density at radius 3 is 2.08 bits per heavy atom. The summed E-state index contributed by atoms with van der Waals surface area (Å²) in [6, 6.07) is 0. The highest BCUT2D eigenvalue weighted by Gasteiger charge is 2.38. The van der Waals surface area contributed by atoms with Crippen LogP contribution >= 0.6 is 0 Å². The molecule has 0 aromatic heterocycles. The lowest BCUT2D eigenvalue weighted by Gasteiger charge is -2.16. The molecule has 2 atom stereocenters. The van der Waals surface area contributed by atoms with Crippen molar-refractivity contribution < 1.29 is 0 Å². The number of allylic oxidation sites excluding steroid dienone is 3. The minimum Gasteiger partial charge on any atom is -0.0958 e. The van der Waals surface area contributed by atoms with Crippen LogP contribution in [0.3, 0.4) is 0 Å². The van der Waals surface area contributed by atoms with E-state index in [4.69, 9.17) is 0 Å². The molecule has 0 heteroatoms. The first-order chi connectivity index (χ1) is 5.46. The number of rotatable bonds is 3. The Kier molecular flexibility index (Phi) is 2.46. The monoisotopic (exact) mass is 164 g/mol. The molecule has 0 radical (unpaired) electrons. The molecule has 1 rings (SSSR count). The van der Waals surface area contributed by atoms with Crippen molar-refractivity contribution in [1.82, 2.24) is 0 Å². The van der Waals surface area contributed by atoms with Crippen LogP contribution in [-0.2, 0) is 0 Å². The minimum absolute atomic E-state index is 0.752. The molecule has 12 heavy (non-hydrogen) atoms. The summed E-state index contributed by atoms with van der Waals surface area (Å²) in [5, 5.41) is 0. The average Bonchev–Trinajstić information content (AvgIpc) is 2.59. The molecule has 0 nitrogen and oxygen atoms in total. The topological polar surface area (TPSA) is 0 Å². The first-order valence-corrected chi connectivity index (χ1v) is 4.83. The maximum absolute atomic E-state index is 4.00. The summed E-state index contributed by atoms with van der Waals surface area (Å²) >= 11 is 0.